The van der Waals surface area contributed by atoms with Crippen molar-refractivity contribution in [2.24, 2.45) is 0 Å². The van der Waals surface area contributed by atoms with Gasteiger partial charge in [-0.05, 0) is 40.5 Å². The lowest BCUT2D eigenvalue weighted by Gasteiger charge is -2.14. The van der Waals surface area contributed by atoms with Crippen molar-refractivity contribution in [3.63, 3.8) is 0 Å². The van der Waals surface area contributed by atoms with Gasteiger partial charge < -0.3 is 10.1 Å². The summed E-state index contributed by atoms with van der Waals surface area (Å²) in [6.07, 6.45) is 0. The topological polar surface area (TPSA) is 55.4 Å². The molecule has 0 aliphatic rings. The first-order chi connectivity index (χ1) is 10.6. The lowest BCUT2D eigenvalue weighted by atomic mass is 10.1. The second kappa shape index (κ2) is 7.75. The van der Waals surface area contributed by atoms with Gasteiger partial charge >= 0.3 is 5.97 Å². The summed E-state index contributed by atoms with van der Waals surface area (Å²) in [5.74, 6) is -0.869. The predicted molar refractivity (Wildman–Crippen MR) is 87.4 cm³/mol. The van der Waals surface area contributed by atoms with Gasteiger partial charge in [0.15, 0.2) is 6.61 Å². The number of esters is 1. The van der Waals surface area contributed by atoms with Gasteiger partial charge in [-0.2, -0.15) is 0 Å². The minimum absolute atomic E-state index is 0.143. The summed E-state index contributed by atoms with van der Waals surface area (Å²) >= 11 is 3.27. The molecule has 4 nitrogen and oxygen atoms in total. The molecule has 114 valence electrons. The maximum Gasteiger partial charge on any atom is 0.339 e. The minimum Gasteiger partial charge on any atom is -0.452 e. The number of ether oxygens (including phenoxy) is 1. The lowest BCUT2D eigenvalue weighted by Crippen LogP contribution is -2.31. The largest absolute Gasteiger partial charge is 0.452 e. The molecule has 1 atom stereocenters. The highest BCUT2D eigenvalue weighted by molar-refractivity contribution is 9.10. The zero-order valence-electron chi connectivity index (χ0n) is 12.1. The molecule has 0 fully saturated rings. The van der Waals surface area contributed by atoms with Crippen LogP contribution in [0.15, 0.2) is 59.1 Å². The maximum atomic E-state index is 11.9. The van der Waals surface area contributed by atoms with E-state index in [1.54, 1.807) is 24.3 Å². The number of rotatable bonds is 5. The Morgan fingerprint density at radius 3 is 2.41 bits per heavy atom. The van der Waals surface area contributed by atoms with E-state index in [0.29, 0.717) is 10.0 Å². The quantitative estimate of drug-likeness (QED) is 0.829. The Kier molecular flexibility index (Phi) is 5.72. The van der Waals surface area contributed by atoms with Gasteiger partial charge in [0.2, 0.25) is 0 Å². The van der Waals surface area contributed by atoms with Gasteiger partial charge in [0, 0.05) is 4.47 Å². The third-order valence-corrected chi connectivity index (χ3v) is 3.80. The van der Waals surface area contributed by atoms with E-state index in [0.717, 1.165) is 5.56 Å². The summed E-state index contributed by atoms with van der Waals surface area (Å²) < 4.78 is 5.66. The fourth-order valence-corrected chi connectivity index (χ4v) is 2.39. The van der Waals surface area contributed by atoms with Crippen LogP contribution in [0.1, 0.15) is 28.9 Å². The van der Waals surface area contributed by atoms with Crippen molar-refractivity contribution in [2.75, 3.05) is 6.61 Å². The van der Waals surface area contributed by atoms with E-state index < -0.39 is 5.97 Å². The molecule has 1 amide bonds. The molecule has 0 spiro atoms. The first kappa shape index (κ1) is 16.2. The highest BCUT2D eigenvalue weighted by Gasteiger charge is 2.14. The van der Waals surface area contributed by atoms with E-state index in [2.05, 4.69) is 21.2 Å². The summed E-state index contributed by atoms with van der Waals surface area (Å²) in [5, 5.41) is 2.79. The first-order valence-electron chi connectivity index (χ1n) is 6.84. The molecular formula is C17H16BrNO3. The van der Waals surface area contributed by atoms with Gasteiger partial charge in [-0.3, -0.25) is 4.79 Å². The third kappa shape index (κ3) is 4.43. The van der Waals surface area contributed by atoms with Crippen molar-refractivity contribution in [3.05, 3.63) is 70.2 Å². The summed E-state index contributed by atoms with van der Waals surface area (Å²) in [5.41, 5.74) is 1.39. The molecule has 0 aliphatic heterocycles. The predicted octanol–water partition coefficient (Wildman–Crippen LogP) is 3.48. The molecule has 22 heavy (non-hydrogen) atoms. The smallest absolute Gasteiger partial charge is 0.339 e. The van der Waals surface area contributed by atoms with Crippen LogP contribution in [-0.4, -0.2) is 18.5 Å². The van der Waals surface area contributed by atoms with E-state index in [9.17, 15) is 9.59 Å². The van der Waals surface area contributed by atoms with Crippen LogP contribution in [0.3, 0.4) is 0 Å². The third-order valence-electron chi connectivity index (χ3n) is 3.11. The van der Waals surface area contributed by atoms with Crippen molar-refractivity contribution < 1.29 is 14.3 Å². The molecule has 2 aromatic rings. The van der Waals surface area contributed by atoms with E-state index >= 15 is 0 Å². The summed E-state index contributed by atoms with van der Waals surface area (Å²) in [4.78, 5) is 23.7. The molecule has 0 heterocycles. The van der Waals surface area contributed by atoms with Gasteiger partial charge in [-0.15, -0.1) is 0 Å². The molecule has 0 saturated heterocycles. The highest BCUT2D eigenvalue weighted by atomic mass is 79.9. The van der Waals surface area contributed by atoms with E-state index in [1.807, 2.05) is 37.3 Å². The molecule has 1 unspecified atom stereocenters. The second-order valence-electron chi connectivity index (χ2n) is 4.76. The number of amides is 1. The minimum atomic E-state index is -0.532. The van der Waals surface area contributed by atoms with Gasteiger partial charge in [0.25, 0.3) is 5.91 Å². The molecule has 5 heteroatoms. The summed E-state index contributed by atoms with van der Waals surface area (Å²) in [7, 11) is 0. The van der Waals surface area contributed by atoms with Crippen LogP contribution in [0.5, 0.6) is 0 Å². The van der Waals surface area contributed by atoms with Crippen LogP contribution in [0, 0.1) is 0 Å². The molecule has 0 radical (unpaired) electrons. The Balaban J connectivity index is 1.85. The van der Waals surface area contributed by atoms with Gasteiger partial charge in [0.05, 0.1) is 11.6 Å². The normalized spacial score (nSPS) is 11.5. The standard InChI is InChI=1S/C17H16BrNO3/c1-12(13-7-3-2-4-8-13)19-16(20)11-22-17(21)14-9-5-6-10-15(14)18/h2-10,12H,11H2,1H3,(H,19,20). The Hall–Kier alpha value is -2.14. The summed E-state index contributed by atoms with van der Waals surface area (Å²) in [6, 6.07) is 16.4. The average Bonchev–Trinajstić information content (AvgIpc) is 2.54. The molecule has 2 aromatic carbocycles. The second-order valence-corrected chi connectivity index (χ2v) is 5.61. The molecule has 0 bridgehead atoms. The maximum absolute atomic E-state index is 11.9. The van der Waals surface area contributed by atoms with E-state index in [1.165, 1.54) is 0 Å². The van der Waals surface area contributed by atoms with Crippen LogP contribution in [0.25, 0.3) is 0 Å². The molecule has 0 aromatic heterocycles. The molecule has 2 rings (SSSR count). The number of hydrogen-bond donors (Lipinski definition) is 1. The lowest BCUT2D eigenvalue weighted by molar-refractivity contribution is -0.124. The van der Waals surface area contributed by atoms with E-state index in [4.69, 9.17) is 4.74 Å². The molecule has 1 N–H and O–H groups in total. The number of benzene rings is 2. The monoisotopic (exact) mass is 361 g/mol. The number of hydrogen-bond acceptors (Lipinski definition) is 3. The number of carbonyl (C=O) groups excluding carboxylic acids is 2. The number of carbonyl (C=O) groups is 2. The van der Waals surface area contributed by atoms with Gasteiger partial charge in [-0.25, -0.2) is 4.79 Å². The highest BCUT2D eigenvalue weighted by Crippen LogP contribution is 2.16. The average molecular weight is 362 g/mol. The van der Waals surface area contributed by atoms with Crippen molar-refractivity contribution in [2.45, 2.75) is 13.0 Å². The van der Waals surface area contributed by atoms with Crippen LogP contribution in [0.2, 0.25) is 0 Å². The van der Waals surface area contributed by atoms with Crippen molar-refractivity contribution >= 4 is 27.8 Å². The van der Waals surface area contributed by atoms with Gasteiger partial charge in [-0.1, -0.05) is 42.5 Å². The van der Waals surface area contributed by atoms with Crippen LogP contribution < -0.4 is 5.32 Å². The van der Waals surface area contributed by atoms with Crippen LogP contribution in [-0.2, 0) is 9.53 Å². The van der Waals surface area contributed by atoms with Crippen LogP contribution in [0.4, 0.5) is 0 Å². The Labute approximate surface area is 137 Å². The van der Waals surface area contributed by atoms with E-state index in [-0.39, 0.29) is 18.6 Å². The fraction of sp³-hybridized carbons (Fsp3) is 0.176. The van der Waals surface area contributed by atoms with Crippen molar-refractivity contribution in [1.29, 1.82) is 0 Å². The molecular weight excluding hydrogens is 346 g/mol. The fourth-order valence-electron chi connectivity index (χ4n) is 1.94. The van der Waals surface area contributed by atoms with Crippen molar-refractivity contribution in [1.82, 2.24) is 5.32 Å². The van der Waals surface area contributed by atoms with Crippen LogP contribution >= 0.6 is 15.9 Å². The Morgan fingerprint density at radius 2 is 1.73 bits per heavy atom. The SMILES string of the molecule is CC(NC(=O)COC(=O)c1ccccc1Br)c1ccccc1. The molecule has 0 aliphatic carbocycles. The zero-order valence-corrected chi connectivity index (χ0v) is 13.7. The Morgan fingerprint density at radius 1 is 1.09 bits per heavy atom. The van der Waals surface area contributed by atoms with Gasteiger partial charge in [0.1, 0.15) is 0 Å². The van der Waals surface area contributed by atoms with Crippen molar-refractivity contribution in [3.8, 4) is 0 Å². The summed E-state index contributed by atoms with van der Waals surface area (Å²) in [6.45, 7) is 1.57. The number of nitrogens with one attached hydrogen (secondary N) is 1. The Bertz CT molecular complexity index is 658. The molecule has 0 saturated carbocycles. The zero-order chi connectivity index (χ0) is 15.9. The first-order valence-corrected chi connectivity index (χ1v) is 7.63. The number of halogens is 1.